The van der Waals surface area contributed by atoms with Crippen molar-refractivity contribution in [2.45, 2.75) is 13.3 Å². The van der Waals surface area contributed by atoms with Gasteiger partial charge in [0, 0.05) is 6.08 Å². The van der Waals surface area contributed by atoms with Crippen molar-refractivity contribution in [3.05, 3.63) is 35.9 Å². The van der Waals surface area contributed by atoms with Crippen LogP contribution in [0.25, 0.3) is 6.08 Å². The van der Waals surface area contributed by atoms with E-state index in [4.69, 9.17) is 14.6 Å². The van der Waals surface area contributed by atoms with Crippen molar-refractivity contribution in [3.63, 3.8) is 0 Å². The Labute approximate surface area is 111 Å². The molecule has 0 unspecified atom stereocenters. The number of aliphatic carboxylic acids is 1. The number of carboxylic acid groups (broad SMARTS) is 1. The quantitative estimate of drug-likeness (QED) is 0.603. The van der Waals surface area contributed by atoms with E-state index in [0.717, 1.165) is 5.56 Å². The molecule has 19 heavy (non-hydrogen) atoms. The van der Waals surface area contributed by atoms with Gasteiger partial charge in [-0.15, -0.1) is 0 Å². The molecule has 0 aliphatic carbocycles. The molecule has 0 heterocycles. The molecule has 0 amide bonds. The Kier molecular flexibility index (Phi) is 6.15. The Morgan fingerprint density at radius 1 is 1.37 bits per heavy atom. The predicted molar refractivity (Wildman–Crippen MR) is 69.9 cm³/mol. The molecule has 0 spiro atoms. The van der Waals surface area contributed by atoms with Crippen molar-refractivity contribution in [1.82, 2.24) is 0 Å². The summed E-state index contributed by atoms with van der Waals surface area (Å²) in [5.74, 6) is -0.745. The van der Waals surface area contributed by atoms with E-state index in [1.54, 1.807) is 37.3 Å². The highest BCUT2D eigenvalue weighted by molar-refractivity contribution is 5.87. The van der Waals surface area contributed by atoms with Crippen LogP contribution in [0.15, 0.2) is 30.3 Å². The van der Waals surface area contributed by atoms with Gasteiger partial charge in [-0.3, -0.25) is 4.79 Å². The number of rotatable bonds is 7. The summed E-state index contributed by atoms with van der Waals surface area (Å²) in [6.07, 6.45) is 2.89. The molecule has 1 N–H and O–H groups in total. The highest BCUT2D eigenvalue weighted by Gasteiger charge is 1.99. The summed E-state index contributed by atoms with van der Waals surface area (Å²) >= 11 is 0. The summed E-state index contributed by atoms with van der Waals surface area (Å²) in [6.45, 7) is 2.19. The summed E-state index contributed by atoms with van der Waals surface area (Å²) in [5, 5.41) is 8.50. The summed E-state index contributed by atoms with van der Waals surface area (Å²) < 4.78 is 10.0. The van der Waals surface area contributed by atoms with E-state index >= 15 is 0 Å². The van der Waals surface area contributed by atoms with Crippen LogP contribution in [-0.4, -0.2) is 30.3 Å². The average Bonchev–Trinajstić information content (AvgIpc) is 2.37. The lowest BCUT2D eigenvalue weighted by atomic mass is 10.2. The summed E-state index contributed by atoms with van der Waals surface area (Å²) in [5.41, 5.74) is 0.779. The van der Waals surface area contributed by atoms with Crippen molar-refractivity contribution in [2.75, 3.05) is 13.2 Å². The highest BCUT2D eigenvalue weighted by atomic mass is 16.5. The molecular formula is C14H16O5. The van der Waals surface area contributed by atoms with E-state index in [9.17, 15) is 9.59 Å². The van der Waals surface area contributed by atoms with Crippen molar-refractivity contribution in [3.8, 4) is 5.75 Å². The van der Waals surface area contributed by atoms with Gasteiger partial charge in [0.25, 0.3) is 0 Å². The molecule has 0 saturated heterocycles. The van der Waals surface area contributed by atoms with Crippen LogP contribution in [0.1, 0.15) is 18.9 Å². The van der Waals surface area contributed by atoms with Gasteiger partial charge in [0.2, 0.25) is 0 Å². The molecule has 0 atom stereocenters. The molecule has 5 nitrogen and oxygen atoms in total. The number of ether oxygens (including phenoxy) is 2. The van der Waals surface area contributed by atoms with Crippen LogP contribution < -0.4 is 4.74 Å². The summed E-state index contributed by atoms with van der Waals surface area (Å²) in [7, 11) is 0. The molecular weight excluding hydrogens is 248 g/mol. The van der Waals surface area contributed by atoms with E-state index in [1.807, 2.05) is 0 Å². The average molecular weight is 264 g/mol. The van der Waals surface area contributed by atoms with E-state index in [0.29, 0.717) is 12.4 Å². The first-order chi connectivity index (χ1) is 9.11. The number of carboxylic acids is 1. The van der Waals surface area contributed by atoms with Crippen LogP contribution in [0.4, 0.5) is 0 Å². The van der Waals surface area contributed by atoms with Crippen LogP contribution in [0, 0.1) is 0 Å². The number of carbonyl (C=O) groups excluding carboxylic acids is 1. The first-order valence-electron chi connectivity index (χ1n) is 5.91. The Morgan fingerprint density at radius 3 is 2.84 bits per heavy atom. The van der Waals surface area contributed by atoms with Crippen molar-refractivity contribution in [2.24, 2.45) is 0 Å². The van der Waals surface area contributed by atoms with E-state index in [1.165, 1.54) is 6.08 Å². The lowest BCUT2D eigenvalue weighted by Crippen LogP contribution is -2.04. The van der Waals surface area contributed by atoms with Gasteiger partial charge in [-0.05, 0) is 30.7 Å². The lowest BCUT2D eigenvalue weighted by molar-refractivity contribution is -0.138. The maximum Gasteiger partial charge on any atom is 0.330 e. The molecule has 1 aromatic carbocycles. The molecule has 1 rings (SSSR count). The normalized spacial score (nSPS) is 10.4. The van der Waals surface area contributed by atoms with Gasteiger partial charge in [0.05, 0.1) is 19.6 Å². The van der Waals surface area contributed by atoms with Crippen LogP contribution in [-0.2, 0) is 14.3 Å². The Balaban J connectivity index is 2.56. The zero-order valence-electron chi connectivity index (χ0n) is 10.7. The third-order valence-corrected chi connectivity index (χ3v) is 2.14. The van der Waals surface area contributed by atoms with Crippen molar-refractivity contribution in [1.29, 1.82) is 0 Å². The molecule has 0 saturated carbocycles. The summed E-state index contributed by atoms with van der Waals surface area (Å²) in [6, 6.07) is 7.02. The first kappa shape index (κ1) is 14.8. The SMILES string of the molecule is CCOC(=O)C=Cc1cccc(OCCC(=O)O)c1. The Bertz CT molecular complexity index is 465. The molecule has 0 bridgehead atoms. The fourth-order valence-electron chi connectivity index (χ4n) is 1.32. The van der Waals surface area contributed by atoms with Gasteiger partial charge in [0.1, 0.15) is 5.75 Å². The van der Waals surface area contributed by atoms with Gasteiger partial charge in [-0.25, -0.2) is 4.79 Å². The van der Waals surface area contributed by atoms with Gasteiger partial charge in [-0.1, -0.05) is 12.1 Å². The number of hydrogen-bond donors (Lipinski definition) is 1. The molecule has 0 aliphatic rings. The molecule has 0 radical (unpaired) electrons. The Morgan fingerprint density at radius 2 is 2.16 bits per heavy atom. The van der Waals surface area contributed by atoms with Crippen molar-refractivity contribution >= 4 is 18.0 Å². The fraction of sp³-hybridized carbons (Fsp3) is 0.286. The minimum absolute atomic E-state index is 0.0527. The van der Waals surface area contributed by atoms with Gasteiger partial charge < -0.3 is 14.6 Å². The lowest BCUT2D eigenvalue weighted by Gasteiger charge is -2.04. The van der Waals surface area contributed by atoms with Gasteiger partial charge in [-0.2, -0.15) is 0 Å². The van der Waals surface area contributed by atoms with E-state index < -0.39 is 11.9 Å². The maximum atomic E-state index is 11.1. The molecule has 0 aromatic heterocycles. The topological polar surface area (TPSA) is 72.8 Å². The van der Waals surface area contributed by atoms with E-state index in [2.05, 4.69) is 0 Å². The number of benzene rings is 1. The van der Waals surface area contributed by atoms with Crippen LogP contribution in [0.2, 0.25) is 0 Å². The molecule has 0 aliphatic heterocycles. The van der Waals surface area contributed by atoms with Crippen LogP contribution in [0.5, 0.6) is 5.75 Å². The molecule has 102 valence electrons. The summed E-state index contributed by atoms with van der Waals surface area (Å²) in [4.78, 5) is 21.5. The Hall–Kier alpha value is -2.30. The molecule has 1 aromatic rings. The smallest absolute Gasteiger partial charge is 0.330 e. The second-order valence-electron chi connectivity index (χ2n) is 3.65. The predicted octanol–water partition coefficient (Wildman–Crippen LogP) is 2.12. The standard InChI is InChI=1S/C14H16O5/c1-2-18-14(17)7-6-11-4-3-5-12(10-11)19-9-8-13(15)16/h3-7,10H,2,8-9H2,1H3,(H,15,16). The number of esters is 1. The van der Waals surface area contributed by atoms with Crippen LogP contribution >= 0.6 is 0 Å². The minimum Gasteiger partial charge on any atom is -0.493 e. The second-order valence-corrected chi connectivity index (χ2v) is 3.65. The minimum atomic E-state index is -0.904. The third kappa shape index (κ3) is 6.26. The van der Waals surface area contributed by atoms with Gasteiger partial charge in [0.15, 0.2) is 0 Å². The fourth-order valence-corrected chi connectivity index (χ4v) is 1.32. The highest BCUT2D eigenvalue weighted by Crippen LogP contribution is 2.14. The molecule has 5 heteroatoms. The molecule has 0 fully saturated rings. The number of carbonyl (C=O) groups is 2. The van der Waals surface area contributed by atoms with Gasteiger partial charge >= 0.3 is 11.9 Å². The maximum absolute atomic E-state index is 11.1. The largest absolute Gasteiger partial charge is 0.493 e. The van der Waals surface area contributed by atoms with E-state index in [-0.39, 0.29) is 13.0 Å². The number of hydrogen-bond acceptors (Lipinski definition) is 4. The first-order valence-corrected chi connectivity index (χ1v) is 5.91. The second kappa shape index (κ2) is 7.92. The third-order valence-electron chi connectivity index (χ3n) is 2.14. The van der Waals surface area contributed by atoms with Crippen molar-refractivity contribution < 1.29 is 24.2 Å². The van der Waals surface area contributed by atoms with Crippen LogP contribution in [0.3, 0.4) is 0 Å². The zero-order chi connectivity index (χ0) is 14.1. The zero-order valence-corrected chi connectivity index (χ0v) is 10.7. The monoisotopic (exact) mass is 264 g/mol.